The van der Waals surface area contributed by atoms with Crippen molar-refractivity contribution in [3.63, 3.8) is 0 Å². The lowest BCUT2D eigenvalue weighted by Gasteiger charge is -2.22. The van der Waals surface area contributed by atoms with E-state index in [0.717, 1.165) is 32.8 Å². The number of rotatable bonds is 5. The standard InChI is InChI=1S/C22H19NO3S/c1-15-19-7-3-4-8-20(19)26-21(15)22(24)23(14-18-6-5-13-27-18)16-9-11-17(25-2)12-10-16/h3-13H,14H2,1-2H3. The Kier molecular flexibility index (Phi) is 4.69. The topological polar surface area (TPSA) is 42.7 Å². The zero-order valence-electron chi connectivity index (χ0n) is 15.1. The molecule has 0 bridgehead atoms. The number of methoxy groups -OCH3 is 1. The van der Waals surface area contributed by atoms with E-state index in [1.807, 2.05) is 73.0 Å². The lowest BCUT2D eigenvalue weighted by atomic mass is 10.1. The Morgan fingerprint density at radius 2 is 1.85 bits per heavy atom. The molecule has 0 fully saturated rings. The largest absolute Gasteiger partial charge is 0.497 e. The molecule has 0 aliphatic heterocycles. The Bertz CT molecular complexity index is 1060. The zero-order valence-corrected chi connectivity index (χ0v) is 16.0. The van der Waals surface area contributed by atoms with Gasteiger partial charge in [0.25, 0.3) is 5.91 Å². The summed E-state index contributed by atoms with van der Waals surface area (Å²) < 4.78 is 11.2. The number of nitrogens with zero attached hydrogens (tertiary/aromatic N) is 1. The van der Waals surface area contributed by atoms with E-state index in [1.54, 1.807) is 23.3 Å². The van der Waals surface area contributed by atoms with Crippen molar-refractivity contribution in [3.8, 4) is 5.75 Å². The molecule has 0 saturated heterocycles. The molecule has 0 aliphatic rings. The molecule has 136 valence electrons. The van der Waals surface area contributed by atoms with Gasteiger partial charge in [0, 0.05) is 21.5 Å². The van der Waals surface area contributed by atoms with Crippen molar-refractivity contribution < 1.29 is 13.9 Å². The molecule has 5 heteroatoms. The maximum atomic E-state index is 13.4. The highest BCUT2D eigenvalue weighted by Gasteiger charge is 2.25. The molecule has 0 spiro atoms. The van der Waals surface area contributed by atoms with E-state index in [0.29, 0.717) is 12.3 Å². The predicted molar refractivity (Wildman–Crippen MR) is 109 cm³/mol. The van der Waals surface area contributed by atoms with Gasteiger partial charge in [-0.1, -0.05) is 24.3 Å². The van der Waals surface area contributed by atoms with Crippen LogP contribution in [0.5, 0.6) is 5.75 Å². The van der Waals surface area contributed by atoms with Gasteiger partial charge in [0.1, 0.15) is 11.3 Å². The minimum absolute atomic E-state index is 0.151. The Labute approximate surface area is 161 Å². The van der Waals surface area contributed by atoms with Crippen molar-refractivity contribution >= 4 is 33.9 Å². The van der Waals surface area contributed by atoms with Gasteiger partial charge in [-0.25, -0.2) is 0 Å². The van der Waals surface area contributed by atoms with E-state index in [9.17, 15) is 4.79 Å². The number of benzene rings is 2. The number of anilines is 1. The van der Waals surface area contributed by atoms with E-state index >= 15 is 0 Å². The Morgan fingerprint density at radius 3 is 2.52 bits per heavy atom. The average Bonchev–Trinajstić information content (AvgIpc) is 3.34. The molecule has 4 nitrogen and oxygen atoms in total. The van der Waals surface area contributed by atoms with Gasteiger partial charge in [-0.05, 0) is 48.7 Å². The normalized spacial score (nSPS) is 10.9. The van der Waals surface area contributed by atoms with Crippen LogP contribution in [0.4, 0.5) is 5.69 Å². The summed E-state index contributed by atoms with van der Waals surface area (Å²) >= 11 is 1.63. The van der Waals surface area contributed by atoms with E-state index in [1.165, 1.54) is 0 Å². The van der Waals surface area contributed by atoms with Gasteiger partial charge in [-0.2, -0.15) is 0 Å². The third-order valence-electron chi connectivity index (χ3n) is 4.56. The second-order valence-electron chi connectivity index (χ2n) is 6.22. The first-order chi connectivity index (χ1) is 13.2. The number of para-hydroxylation sites is 1. The Balaban J connectivity index is 1.76. The van der Waals surface area contributed by atoms with Gasteiger partial charge in [0.15, 0.2) is 5.76 Å². The molecule has 4 rings (SSSR count). The van der Waals surface area contributed by atoms with Crippen LogP contribution in [0.1, 0.15) is 21.0 Å². The van der Waals surface area contributed by atoms with Crippen LogP contribution in [0, 0.1) is 6.92 Å². The Hall–Kier alpha value is -3.05. The van der Waals surface area contributed by atoms with Gasteiger partial charge in [-0.15, -0.1) is 11.3 Å². The predicted octanol–water partition coefficient (Wildman–Crippen LogP) is 5.66. The highest BCUT2D eigenvalue weighted by Crippen LogP contribution is 2.29. The lowest BCUT2D eigenvalue weighted by Crippen LogP contribution is -2.30. The molecule has 1 amide bonds. The van der Waals surface area contributed by atoms with Crippen molar-refractivity contribution in [1.29, 1.82) is 0 Å². The van der Waals surface area contributed by atoms with Gasteiger partial charge in [0.05, 0.1) is 13.7 Å². The second kappa shape index (κ2) is 7.29. The molecule has 0 aliphatic carbocycles. The summed E-state index contributed by atoms with van der Waals surface area (Å²) in [6, 6.07) is 19.2. The highest BCUT2D eigenvalue weighted by molar-refractivity contribution is 7.09. The van der Waals surface area contributed by atoms with Crippen LogP contribution in [-0.2, 0) is 6.54 Å². The summed E-state index contributed by atoms with van der Waals surface area (Å²) in [6.07, 6.45) is 0. The van der Waals surface area contributed by atoms with Crippen molar-refractivity contribution in [2.24, 2.45) is 0 Å². The second-order valence-corrected chi connectivity index (χ2v) is 7.25. The van der Waals surface area contributed by atoms with Gasteiger partial charge in [0.2, 0.25) is 0 Å². The first kappa shape index (κ1) is 17.4. The summed E-state index contributed by atoms with van der Waals surface area (Å²) in [4.78, 5) is 16.3. The minimum Gasteiger partial charge on any atom is -0.497 e. The van der Waals surface area contributed by atoms with Crippen LogP contribution in [0.2, 0.25) is 0 Å². The zero-order chi connectivity index (χ0) is 18.8. The molecular formula is C22H19NO3S. The fraction of sp³-hybridized carbons (Fsp3) is 0.136. The average molecular weight is 377 g/mol. The van der Waals surface area contributed by atoms with Crippen LogP contribution in [-0.4, -0.2) is 13.0 Å². The number of thiophene rings is 1. The maximum absolute atomic E-state index is 13.4. The number of carbonyl (C=O) groups is 1. The lowest BCUT2D eigenvalue weighted by molar-refractivity contribution is 0.0960. The van der Waals surface area contributed by atoms with Gasteiger partial charge < -0.3 is 14.1 Å². The third kappa shape index (κ3) is 3.34. The molecule has 4 aromatic rings. The Morgan fingerprint density at radius 1 is 1.07 bits per heavy atom. The number of aryl methyl sites for hydroxylation is 1. The fourth-order valence-corrected chi connectivity index (χ4v) is 3.79. The molecule has 0 saturated carbocycles. The van der Waals surface area contributed by atoms with Crippen LogP contribution >= 0.6 is 11.3 Å². The molecule has 27 heavy (non-hydrogen) atoms. The molecule has 0 N–H and O–H groups in total. The van der Waals surface area contributed by atoms with Crippen LogP contribution < -0.4 is 9.64 Å². The van der Waals surface area contributed by atoms with Crippen LogP contribution in [0.3, 0.4) is 0 Å². The summed E-state index contributed by atoms with van der Waals surface area (Å²) in [5.41, 5.74) is 2.39. The molecular weight excluding hydrogens is 358 g/mol. The molecule has 0 atom stereocenters. The van der Waals surface area contributed by atoms with E-state index in [2.05, 4.69) is 0 Å². The fourth-order valence-electron chi connectivity index (χ4n) is 3.10. The SMILES string of the molecule is COc1ccc(N(Cc2cccs2)C(=O)c2oc3ccccc3c2C)cc1. The summed E-state index contributed by atoms with van der Waals surface area (Å²) in [5.74, 6) is 0.980. The summed E-state index contributed by atoms with van der Waals surface area (Å²) in [6.45, 7) is 2.41. The van der Waals surface area contributed by atoms with E-state index < -0.39 is 0 Å². The smallest absolute Gasteiger partial charge is 0.294 e. The molecule has 2 aromatic carbocycles. The number of hydrogen-bond acceptors (Lipinski definition) is 4. The first-order valence-electron chi connectivity index (χ1n) is 8.64. The summed E-state index contributed by atoms with van der Waals surface area (Å²) in [7, 11) is 1.63. The van der Waals surface area contributed by atoms with Crippen molar-refractivity contribution in [2.75, 3.05) is 12.0 Å². The van der Waals surface area contributed by atoms with Gasteiger partial charge >= 0.3 is 0 Å². The monoisotopic (exact) mass is 377 g/mol. The summed E-state index contributed by atoms with van der Waals surface area (Å²) in [5, 5.41) is 2.98. The molecule has 2 heterocycles. The van der Waals surface area contributed by atoms with E-state index in [4.69, 9.17) is 9.15 Å². The van der Waals surface area contributed by atoms with Crippen molar-refractivity contribution in [3.05, 3.63) is 82.2 Å². The van der Waals surface area contributed by atoms with Crippen molar-refractivity contribution in [2.45, 2.75) is 13.5 Å². The van der Waals surface area contributed by atoms with Gasteiger partial charge in [-0.3, -0.25) is 4.79 Å². The van der Waals surface area contributed by atoms with Crippen molar-refractivity contribution in [1.82, 2.24) is 0 Å². The third-order valence-corrected chi connectivity index (χ3v) is 5.42. The number of ether oxygens (including phenoxy) is 1. The molecule has 2 aromatic heterocycles. The highest BCUT2D eigenvalue weighted by atomic mass is 32.1. The molecule has 0 radical (unpaired) electrons. The van der Waals surface area contributed by atoms with Crippen LogP contribution in [0.25, 0.3) is 11.0 Å². The number of fused-ring (bicyclic) bond motifs is 1. The number of amides is 1. The maximum Gasteiger partial charge on any atom is 0.294 e. The first-order valence-corrected chi connectivity index (χ1v) is 9.52. The van der Waals surface area contributed by atoms with Crippen LogP contribution in [0.15, 0.2) is 70.5 Å². The number of furan rings is 1. The minimum atomic E-state index is -0.151. The quantitative estimate of drug-likeness (QED) is 0.451. The number of hydrogen-bond donors (Lipinski definition) is 0. The number of carbonyl (C=O) groups excluding carboxylic acids is 1. The van der Waals surface area contributed by atoms with E-state index in [-0.39, 0.29) is 5.91 Å². The molecule has 0 unspecified atom stereocenters.